The minimum atomic E-state index is -4.50. The Kier molecular flexibility index (Phi) is 8.27. The van der Waals surface area contributed by atoms with Crippen molar-refractivity contribution in [2.75, 3.05) is 6.61 Å². The van der Waals surface area contributed by atoms with Crippen molar-refractivity contribution in [3.63, 3.8) is 0 Å². The van der Waals surface area contributed by atoms with Gasteiger partial charge in [0.2, 0.25) is 0 Å². The van der Waals surface area contributed by atoms with Gasteiger partial charge in [-0.1, -0.05) is 13.8 Å². The predicted molar refractivity (Wildman–Crippen MR) is 65.9 cm³/mol. The second-order valence-corrected chi connectivity index (χ2v) is 5.82. The third kappa shape index (κ3) is 11.9. The van der Waals surface area contributed by atoms with Crippen molar-refractivity contribution in [1.29, 1.82) is 0 Å². The molecule has 0 saturated heterocycles. The number of hydrogen-bond acceptors (Lipinski definition) is 4. The number of carbonyl (C=O) groups is 2. The molecule has 0 rings (SSSR count). The van der Waals surface area contributed by atoms with Crippen LogP contribution in [0.25, 0.3) is 0 Å². The molecule has 0 unspecified atom stereocenters. The Bertz CT molecular complexity index is 319. The molecule has 18 heavy (non-hydrogen) atoms. The summed E-state index contributed by atoms with van der Waals surface area (Å²) < 4.78 is 14.5. The predicted octanol–water partition coefficient (Wildman–Crippen LogP) is 1.84. The summed E-state index contributed by atoms with van der Waals surface area (Å²) in [6.45, 7) is 3.74. The second-order valence-electron chi connectivity index (χ2n) is 4.58. The van der Waals surface area contributed by atoms with Gasteiger partial charge in [-0.05, 0) is 12.3 Å². The van der Waals surface area contributed by atoms with Crippen molar-refractivity contribution in [3.05, 3.63) is 0 Å². The van der Waals surface area contributed by atoms with Gasteiger partial charge in [0.25, 0.3) is 0 Å². The molecule has 0 aromatic carbocycles. The van der Waals surface area contributed by atoms with E-state index < -0.39 is 7.82 Å². The third-order valence-corrected chi connectivity index (χ3v) is 2.84. The highest BCUT2D eigenvalue weighted by atomic mass is 31.2. The van der Waals surface area contributed by atoms with E-state index in [4.69, 9.17) is 9.79 Å². The second kappa shape index (κ2) is 8.53. The van der Waals surface area contributed by atoms with E-state index in [1.54, 1.807) is 0 Å². The van der Waals surface area contributed by atoms with Gasteiger partial charge in [-0.25, -0.2) is 4.57 Å². The summed E-state index contributed by atoms with van der Waals surface area (Å²) in [4.78, 5) is 39.5. The first kappa shape index (κ1) is 17.4. The minimum Gasteiger partial charge on any atom is -0.303 e. The lowest BCUT2D eigenvalue weighted by Gasteiger charge is -2.05. The summed E-state index contributed by atoms with van der Waals surface area (Å²) in [5.74, 6) is 0.288. The lowest BCUT2D eigenvalue weighted by molar-refractivity contribution is -0.124. The van der Waals surface area contributed by atoms with Crippen LogP contribution >= 0.6 is 7.82 Å². The molecule has 0 aromatic rings. The van der Waals surface area contributed by atoms with Gasteiger partial charge in [0.1, 0.15) is 11.6 Å². The average Bonchev–Trinajstić information content (AvgIpc) is 2.21. The summed E-state index contributed by atoms with van der Waals surface area (Å²) >= 11 is 0. The number of phosphoric acid groups is 1. The van der Waals surface area contributed by atoms with Gasteiger partial charge in [-0.2, -0.15) is 0 Å². The highest BCUT2D eigenvalue weighted by Gasteiger charge is 2.14. The number of ketones is 2. The van der Waals surface area contributed by atoms with Crippen molar-refractivity contribution in [3.8, 4) is 0 Å². The van der Waals surface area contributed by atoms with Crippen LogP contribution in [0, 0.1) is 5.92 Å². The standard InChI is InChI=1S/C11H21O6P/c1-9(2)3-4-10(12)5-6-11(13)7-8-17-18(14,15)16/h9H,3-8H2,1-2H3,(H2,14,15,16). The van der Waals surface area contributed by atoms with E-state index in [-0.39, 0.29) is 37.4 Å². The van der Waals surface area contributed by atoms with E-state index in [0.717, 1.165) is 6.42 Å². The fourth-order valence-electron chi connectivity index (χ4n) is 1.26. The molecule has 0 aliphatic heterocycles. The molecule has 0 aromatic heterocycles. The molecule has 0 heterocycles. The number of rotatable bonds is 10. The first-order valence-electron chi connectivity index (χ1n) is 5.94. The van der Waals surface area contributed by atoms with Crippen LogP contribution in [0.4, 0.5) is 0 Å². The maximum absolute atomic E-state index is 11.4. The van der Waals surface area contributed by atoms with Crippen LogP contribution < -0.4 is 0 Å². The van der Waals surface area contributed by atoms with Gasteiger partial charge in [0.05, 0.1) is 6.61 Å². The molecule has 106 valence electrons. The van der Waals surface area contributed by atoms with Gasteiger partial charge >= 0.3 is 7.82 Å². The van der Waals surface area contributed by atoms with E-state index in [9.17, 15) is 14.2 Å². The molecule has 7 heteroatoms. The fraction of sp³-hybridized carbons (Fsp3) is 0.818. The Hall–Kier alpha value is -0.550. The molecule has 0 aliphatic carbocycles. The summed E-state index contributed by atoms with van der Waals surface area (Å²) in [5.41, 5.74) is 0. The molecule has 0 spiro atoms. The molecule has 0 bridgehead atoms. The minimum absolute atomic E-state index is 0.0490. The average molecular weight is 280 g/mol. The quantitative estimate of drug-likeness (QED) is 0.592. The molecule has 0 saturated carbocycles. The first-order chi connectivity index (χ1) is 8.20. The molecule has 0 aliphatic rings. The van der Waals surface area contributed by atoms with Crippen molar-refractivity contribution >= 4 is 19.4 Å². The maximum atomic E-state index is 11.4. The van der Waals surface area contributed by atoms with Crippen LogP contribution in [0.15, 0.2) is 0 Å². The van der Waals surface area contributed by atoms with E-state index in [2.05, 4.69) is 4.52 Å². The monoisotopic (exact) mass is 280 g/mol. The van der Waals surface area contributed by atoms with Crippen LogP contribution in [0.2, 0.25) is 0 Å². The molecule has 2 N–H and O–H groups in total. The van der Waals surface area contributed by atoms with Gasteiger partial charge in [0, 0.05) is 25.7 Å². The van der Waals surface area contributed by atoms with Crippen LogP contribution in [-0.4, -0.2) is 28.0 Å². The van der Waals surface area contributed by atoms with Crippen LogP contribution in [-0.2, 0) is 18.7 Å². The zero-order valence-electron chi connectivity index (χ0n) is 10.8. The smallest absolute Gasteiger partial charge is 0.303 e. The lowest BCUT2D eigenvalue weighted by atomic mass is 10.0. The molecule has 0 amide bonds. The Balaban J connectivity index is 3.64. The first-order valence-corrected chi connectivity index (χ1v) is 7.47. The normalized spacial score (nSPS) is 11.8. The number of phosphoric ester groups is 1. The summed E-state index contributed by atoms with van der Waals surface area (Å²) in [6.07, 6.45) is 1.52. The van der Waals surface area contributed by atoms with Gasteiger partial charge in [0.15, 0.2) is 0 Å². The van der Waals surface area contributed by atoms with E-state index >= 15 is 0 Å². The number of Topliss-reactive ketones (excluding diaryl/α,β-unsaturated/α-hetero) is 2. The zero-order chi connectivity index (χ0) is 14.2. The Morgan fingerprint density at radius 3 is 2.00 bits per heavy atom. The number of hydrogen-bond donors (Lipinski definition) is 2. The summed E-state index contributed by atoms with van der Waals surface area (Å²) in [6, 6.07) is 0. The molecular formula is C11H21O6P. The van der Waals surface area contributed by atoms with E-state index in [1.165, 1.54) is 0 Å². The fourth-order valence-corrected chi connectivity index (χ4v) is 1.59. The summed E-state index contributed by atoms with van der Waals surface area (Å²) in [7, 11) is -4.50. The van der Waals surface area contributed by atoms with E-state index in [1.807, 2.05) is 13.8 Å². The highest BCUT2D eigenvalue weighted by molar-refractivity contribution is 7.46. The van der Waals surface area contributed by atoms with Crippen molar-refractivity contribution < 1.29 is 28.5 Å². The molecule has 6 nitrogen and oxygen atoms in total. The Labute approximate surface area is 107 Å². The van der Waals surface area contributed by atoms with Crippen LogP contribution in [0.5, 0.6) is 0 Å². The van der Waals surface area contributed by atoms with Crippen LogP contribution in [0.1, 0.15) is 46.0 Å². The SMILES string of the molecule is CC(C)CCC(=O)CCC(=O)CCOP(=O)(O)O. The van der Waals surface area contributed by atoms with Gasteiger partial charge < -0.3 is 9.79 Å². The largest absolute Gasteiger partial charge is 0.469 e. The van der Waals surface area contributed by atoms with Gasteiger partial charge in [-0.3, -0.25) is 14.1 Å². The molecule has 0 fully saturated rings. The van der Waals surface area contributed by atoms with Gasteiger partial charge in [-0.15, -0.1) is 0 Å². The topological polar surface area (TPSA) is 101 Å². The molecular weight excluding hydrogens is 259 g/mol. The lowest BCUT2D eigenvalue weighted by Crippen LogP contribution is -2.07. The Morgan fingerprint density at radius 2 is 1.56 bits per heavy atom. The summed E-state index contributed by atoms with van der Waals surface area (Å²) in [5, 5.41) is 0. The van der Waals surface area contributed by atoms with Crippen molar-refractivity contribution in [1.82, 2.24) is 0 Å². The zero-order valence-corrected chi connectivity index (χ0v) is 11.7. The van der Waals surface area contributed by atoms with Crippen molar-refractivity contribution in [2.45, 2.75) is 46.0 Å². The van der Waals surface area contributed by atoms with Crippen LogP contribution in [0.3, 0.4) is 0 Å². The maximum Gasteiger partial charge on any atom is 0.469 e. The Morgan fingerprint density at radius 1 is 1.06 bits per heavy atom. The highest BCUT2D eigenvalue weighted by Crippen LogP contribution is 2.35. The molecule has 0 radical (unpaired) electrons. The number of carbonyl (C=O) groups excluding carboxylic acids is 2. The van der Waals surface area contributed by atoms with E-state index in [0.29, 0.717) is 12.3 Å². The van der Waals surface area contributed by atoms with Crippen molar-refractivity contribution in [2.24, 2.45) is 5.92 Å². The third-order valence-electron chi connectivity index (χ3n) is 2.32. The molecule has 0 atom stereocenters.